The molecule has 1 fully saturated rings. The SMILES string of the molecule is COc1ccc(NC(=O)C2CCCN(C(=O)c3ccc(Cl)cc3)C2)cn1. The van der Waals surface area contributed by atoms with Gasteiger partial charge >= 0.3 is 0 Å². The lowest BCUT2D eigenvalue weighted by Crippen LogP contribution is -2.43. The van der Waals surface area contributed by atoms with Gasteiger partial charge in [0.25, 0.3) is 5.91 Å². The van der Waals surface area contributed by atoms with Crippen molar-refractivity contribution in [3.8, 4) is 5.88 Å². The van der Waals surface area contributed by atoms with Gasteiger partial charge in [0.05, 0.1) is 24.9 Å². The predicted molar refractivity (Wildman–Crippen MR) is 99.5 cm³/mol. The summed E-state index contributed by atoms with van der Waals surface area (Å²) in [6, 6.07) is 10.2. The molecule has 1 N–H and O–H groups in total. The minimum Gasteiger partial charge on any atom is -0.481 e. The largest absolute Gasteiger partial charge is 0.481 e. The van der Waals surface area contributed by atoms with Crippen LogP contribution in [0.25, 0.3) is 0 Å². The first-order valence-corrected chi connectivity index (χ1v) is 8.80. The second-order valence-corrected chi connectivity index (χ2v) is 6.61. The van der Waals surface area contributed by atoms with Crippen LogP contribution >= 0.6 is 11.6 Å². The first-order chi connectivity index (χ1) is 12.6. The first-order valence-electron chi connectivity index (χ1n) is 8.42. The summed E-state index contributed by atoms with van der Waals surface area (Å²) in [4.78, 5) is 31.0. The number of hydrogen-bond acceptors (Lipinski definition) is 4. The average molecular weight is 374 g/mol. The molecular weight excluding hydrogens is 354 g/mol. The molecule has 1 aromatic heterocycles. The van der Waals surface area contributed by atoms with Crippen molar-refractivity contribution >= 4 is 29.1 Å². The minimum absolute atomic E-state index is 0.0784. The third-order valence-corrected chi connectivity index (χ3v) is 4.64. The maximum Gasteiger partial charge on any atom is 0.253 e. The summed E-state index contributed by atoms with van der Waals surface area (Å²) >= 11 is 5.87. The molecule has 2 amide bonds. The molecule has 26 heavy (non-hydrogen) atoms. The Morgan fingerprint density at radius 2 is 2.00 bits per heavy atom. The van der Waals surface area contributed by atoms with Gasteiger partial charge in [0.2, 0.25) is 11.8 Å². The van der Waals surface area contributed by atoms with Gasteiger partial charge < -0.3 is 15.0 Å². The number of nitrogens with one attached hydrogen (secondary N) is 1. The molecule has 1 aliphatic rings. The van der Waals surface area contributed by atoms with E-state index in [9.17, 15) is 9.59 Å². The number of ether oxygens (including phenoxy) is 1. The highest BCUT2D eigenvalue weighted by molar-refractivity contribution is 6.30. The summed E-state index contributed by atoms with van der Waals surface area (Å²) in [5, 5.41) is 3.45. The number of hydrogen-bond donors (Lipinski definition) is 1. The third kappa shape index (κ3) is 4.32. The second kappa shape index (κ2) is 8.19. The van der Waals surface area contributed by atoms with Crippen molar-refractivity contribution < 1.29 is 14.3 Å². The van der Waals surface area contributed by atoms with Crippen LogP contribution in [0.15, 0.2) is 42.6 Å². The number of carbonyl (C=O) groups excluding carboxylic acids is 2. The van der Waals surface area contributed by atoms with Gasteiger partial charge in [-0.15, -0.1) is 0 Å². The van der Waals surface area contributed by atoms with Crippen molar-refractivity contribution in [2.75, 3.05) is 25.5 Å². The molecule has 6 nitrogen and oxygen atoms in total. The molecule has 3 rings (SSSR count). The zero-order chi connectivity index (χ0) is 18.5. The molecule has 2 aromatic rings. The van der Waals surface area contributed by atoms with Crippen molar-refractivity contribution in [1.29, 1.82) is 0 Å². The molecule has 136 valence electrons. The Balaban J connectivity index is 1.62. The van der Waals surface area contributed by atoms with Crippen LogP contribution < -0.4 is 10.1 Å². The van der Waals surface area contributed by atoms with Crippen molar-refractivity contribution in [1.82, 2.24) is 9.88 Å². The number of likely N-dealkylation sites (tertiary alicyclic amines) is 1. The maximum absolute atomic E-state index is 12.6. The molecule has 0 aliphatic carbocycles. The van der Waals surface area contributed by atoms with Crippen LogP contribution in [0.1, 0.15) is 23.2 Å². The highest BCUT2D eigenvalue weighted by Gasteiger charge is 2.29. The maximum atomic E-state index is 12.6. The summed E-state index contributed by atoms with van der Waals surface area (Å²) in [6.45, 7) is 1.05. The Morgan fingerprint density at radius 1 is 1.23 bits per heavy atom. The van der Waals surface area contributed by atoms with Gasteiger partial charge in [-0.1, -0.05) is 11.6 Å². The van der Waals surface area contributed by atoms with E-state index in [1.807, 2.05) is 0 Å². The minimum atomic E-state index is -0.248. The van der Waals surface area contributed by atoms with E-state index >= 15 is 0 Å². The zero-order valence-electron chi connectivity index (χ0n) is 14.4. The number of amides is 2. The number of anilines is 1. The van der Waals surface area contributed by atoms with E-state index in [1.165, 1.54) is 7.11 Å². The van der Waals surface area contributed by atoms with Gasteiger partial charge in [-0.2, -0.15) is 0 Å². The van der Waals surface area contributed by atoms with Gasteiger partial charge in [-0.05, 0) is 43.2 Å². The number of carbonyl (C=O) groups is 2. The Bertz CT molecular complexity index is 778. The molecule has 0 spiro atoms. The Morgan fingerprint density at radius 3 is 2.65 bits per heavy atom. The van der Waals surface area contributed by atoms with Gasteiger partial charge in [0.1, 0.15) is 0 Å². The molecule has 1 atom stereocenters. The van der Waals surface area contributed by atoms with Crippen LogP contribution in [0, 0.1) is 5.92 Å². The van der Waals surface area contributed by atoms with Crippen molar-refractivity contribution in [2.24, 2.45) is 5.92 Å². The van der Waals surface area contributed by atoms with Crippen molar-refractivity contribution in [2.45, 2.75) is 12.8 Å². The third-order valence-electron chi connectivity index (χ3n) is 4.38. The van der Waals surface area contributed by atoms with Crippen LogP contribution in [0.3, 0.4) is 0 Å². The molecule has 0 radical (unpaired) electrons. The van der Waals surface area contributed by atoms with E-state index in [1.54, 1.807) is 47.5 Å². The van der Waals surface area contributed by atoms with Gasteiger partial charge in [-0.3, -0.25) is 9.59 Å². The number of halogens is 1. The fourth-order valence-corrected chi connectivity index (χ4v) is 3.10. The van der Waals surface area contributed by atoms with Gasteiger partial charge in [0, 0.05) is 29.7 Å². The van der Waals surface area contributed by atoms with Crippen molar-refractivity contribution in [3.05, 3.63) is 53.2 Å². The summed E-state index contributed by atoms with van der Waals surface area (Å²) in [5.74, 6) is 0.0540. The number of piperidine rings is 1. The summed E-state index contributed by atoms with van der Waals surface area (Å²) < 4.78 is 5.00. The van der Waals surface area contributed by atoms with Crippen LogP contribution in [0.4, 0.5) is 5.69 Å². The molecule has 1 unspecified atom stereocenters. The Hall–Kier alpha value is -2.60. The van der Waals surface area contributed by atoms with Crippen LogP contribution in [-0.4, -0.2) is 41.9 Å². The molecular formula is C19H20ClN3O3. The van der Waals surface area contributed by atoms with Crippen LogP contribution in [0.5, 0.6) is 5.88 Å². The van der Waals surface area contributed by atoms with Crippen molar-refractivity contribution in [3.63, 3.8) is 0 Å². The van der Waals surface area contributed by atoms with E-state index in [0.717, 1.165) is 12.8 Å². The molecule has 0 bridgehead atoms. The highest BCUT2D eigenvalue weighted by atomic mass is 35.5. The lowest BCUT2D eigenvalue weighted by Gasteiger charge is -2.32. The first kappa shape index (κ1) is 18.2. The molecule has 0 saturated carbocycles. The van der Waals surface area contributed by atoms with E-state index in [4.69, 9.17) is 16.3 Å². The molecule has 1 aromatic carbocycles. The number of benzene rings is 1. The van der Waals surface area contributed by atoms with Crippen LogP contribution in [-0.2, 0) is 4.79 Å². The number of methoxy groups -OCH3 is 1. The molecule has 2 heterocycles. The lowest BCUT2D eigenvalue weighted by molar-refractivity contribution is -0.121. The number of nitrogens with zero attached hydrogens (tertiary/aromatic N) is 2. The molecule has 1 saturated heterocycles. The monoisotopic (exact) mass is 373 g/mol. The zero-order valence-corrected chi connectivity index (χ0v) is 15.2. The number of rotatable bonds is 4. The van der Waals surface area contributed by atoms with Gasteiger partial charge in [-0.25, -0.2) is 4.98 Å². The fraction of sp³-hybridized carbons (Fsp3) is 0.316. The van der Waals surface area contributed by atoms with Crippen LogP contribution in [0.2, 0.25) is 5.02 Å². The smallest absolute Gasteiger partial charge is 0.253 e. The van der Waals surface area contributed by atoms with E-state index in [0.29, 0.717) is 35.2 Å². The normalized spacial score (nSPS) is 16.8. The second-order valence-electron chi connectivity index (χ2n) is 6.18. The molecule has 7 heteroatoms. The summed E-state index contributed by atoms with van der Waals surface area (Å²) in [6.07, 6.45) is 3.09. The Kier molecular flexibility index (Phi) is 5.73. The molecule has 1 aliphatic heterocycles. The lowest BCUT2D eigenvalue weighted by atomic mass is 9.96. The Labute approximate surface area is 157 Å². The van der Waals surface area contributed by atoms with E-state index in [-0.39, 0.29) is 17.7 Å². The number of pyridine rings is 1. The topological polar surface area (TPSA) is 71.5 Å². The summed E-state index contributed by atoms with van der Waals surface area (Å²) in [5.41, 5.74) is 1.19. The van der Waals surface area contributed by atoms with E-state index < -0.39 is 0 Å². The summed E-state index contributed by atoms with van der Waals surface area (Å²) in [7, 11) is 1.54. The quantitative estimate of drug-likeness (QED) is 0.893. The highest BCUT2D eigenvalue weighted by Crippen LogP contribution is 2.21. The van der Waals surface area contributed by atoms with E-state index in [2.05, 4.69) is 10.3 Å². The standard InChI is InChI=1S/C19H20ClN3O3/c1-26-17-9-8-16(11-21-17)22-18(24)14-3-2-10-23(12-14)19(25)13-4-6-15(20)7-5-13/h4-9,11,14H,2-3,10,12H2,1H3,(H,22,24). The predicted octanol–water partition coefficient (Wildman–Crippen LogP) is 3.23. The number of aromatic nitrogens is 1. The fourth-order valence-electron chi connectivity index (χ4n) is 2.97. The van der Waals surface area contributed by atoms with Gasteiger partial charge in [0.15, 0.2) is 0 Å². The average Bonchev–Trinajstić information content (AvgIpc) is 2.68.